The van der Waals surface area contributed by atoms with Crippen LogP contribution in [0.3, 0.4) is 0 Å². The highest BCUT2D eigenvalue weighted by Crippen LogP contribution is 2.21. The second-order valence-corrected chi connectivity index (χ2v) is 4.10. The summed E-state index contributed by atoms with van der Waals surface area (Å²) in [4.78, 5) is 22.5. The molecule has 0 bridgehead atoms. The van der Waals surface area contributed by atoms with Gasteiger partial charge in [0.1, 0.15) is 6.10 Å². The van der Waals surface area contributed by atoms with Gasteiger partial charge in [0.2, 0.25) is 0 Å². The number of carbonyl (C=O) groups is 2. The molecular weight excluding hydrogens is 238 g/mol. The average Bonchev–Trinajstić information content (AvgIpc) is 2.33. The summed E-state index contributed by atoms with van der Waals surface area (Å²) in [5, 5.41) is 2.64. The topological polar surface area (TPSA) is 73.9 Å². The van der Waals surface area contributed by atoms with Crippen LogP contribution in [0.2, 0.25) is 0 Å². The smallest absolute Gasteiger partial charge is 0.450 e. The van der Waals surface area contributed by atoms with E-state index in [0.717, 1.165) is 0 Å². The van der Waals surface area contributed by atoms with Gasteiger partial charge in [-0.05, 0) is 19.3 Å². The first-order chi connectivity index (χ1) is 8.56. The van der Waals surface area contributed by atoms with Crippen LogP contribution in [0.25, 0.3) is 0 Å². The maximum atomic E-state index is 11.4. The van der Waals surface area contributed by atoms with Crippen LogP contribution in [0.4, 0.5) is 9.59 Å². The zero-order valence-electron chi connectivity index (χ0n) is 10.8. The van der Waals surface area contributed by atoms with Gasteiger partial charge in [-0.3, -0.25) is 0 Å². The highest BCUT2D eigenvalue weighted by Gasteiger charge is 2.30. The van der Waals surface area contributed by atoms with Crippen molar-refractivity contribution >= 4 is 12.2 Å². The number of allylic oxidation sites excluding steroid dienone is 1. The minimum Gasteiger partial charge on any atom is -0.450 e. The summed E-state index contributed by atoms with van der Waals surface area (Å²) in [6.07, 6.45) is 2.68. The summed E-state index contributed by atoms with van der Waals surface area (Å²) in [6.45, 7) is 4.02. The van der Waals surface area contributed by atoms with E-state index in [1.165, 1.54) is 7.11 Å². The minimum atomic E-state index is -0.752. The van der Waals surface area contributed by atoms with E-state index in [9.17, 15) is 9.59 Å². The molecule has 6 heteroatoms. The third kappa shape index (κ3) is 4.27. The number of carbonyl (C=O) groups excluding carboxylic acids is 2. The largest absolute Gasteiger partial charge is 0.508 e. The van der Waals surface area contributed by atoms with E-state index in [0.29, 0.717) is 13.0 Å². The van der Waals surface area contributed by atoms with Crippen molar-refractivity contribution in [1.29, 1.82) is 0 Å². The SMILES string of the molecule is CCOC(=O)NC1C=CC(C)CC1OC(=O)OC. The average molecular weight is 257 g/mol. The number of alkyl carbamates (subject to hydrolysis) is 1. The van der Waals surface area contributed by atoms with Crippen molar-refractivity contribution in [3.8, 4) is 0 Å². The molecule has 102 valence electrons. The molecule has 0 saturated carbocycles. The first kappa shape index (κ1) is 14.3. The van der Waals surface area contributed by atoms with Gasteiger partial charge in [-0.2, -0.15) is 0 Å². The fraction of sp³-hybridized carbons (Fsp3) is 0.667. The van der Waals surface area contributed by atoms with Crippen molar-refractivity contribution in [3.63, 3.8) is 0 Å². The fourth-order valence-electron chi connectivity index (χ4n) is 1.77. The van der Waals surface area contributed by atoms with Crippen molar-refractivity contribution in [2.45, 2.75) is 32.4 Å². The first-order valence-electron chi connectivity index (χ1n) is 5.93. The number of hydrogen-bond acceptors (Lipinski definition) is 5. The van der Waals surface area contributed by atoms with E-state index >= 15 is 0 Å². The Kier molecular flexibility index (Phi) is 5.48. The number of methoxy groups -OCH3 is 1. The number of rotatable bonds is 3. The van der Waals surface area contributed by atoms with Crippen molar-refractivity contribution in [1.82, 2.24) is 5.32 Å². The molecule has 0 fully saturated rings. The van der Waals surface area contributed by atoms with E-state index in [4.69, 9.17) is 9.47 Å². The molecular formula is C12H19NO5. The van der Waals surface area contributed by atoms with Gasteiger partial charge in [0.05, 0.1) is 19.8 Å². The number of nitrogens with one attached hydrogen (secondary N) is 1. The first-order valence-corrected chi connectivity index (χ1v) is 5.93. The molecule has 0 aromatic heterocycles. The van der Waals surface area contributed by atoms with Gasteiger partial charge >= 0.3 is 12.2 Å². The molecule has 1 aliphatic carbocycles. The van der Waals surface area contributed by atoms with E-state index in [1.807, 2.05) is 13.0 Å². The molecule has 0 aliphatic heterocycles. The molecule has 0 aromatic rings. The summed E-state index contributed by atoms with van der Waals surface area (Å²) in [7, 11) is 1.25. The van der Waals surface area contributed by atoms with Gasteiger partial charge in [0.25, 0.3) is 0 Å². The molecule has 0 spiro atoms. The Labute approximate surface area is 106 Å². The zero-order chi connectivity index (χ0) is 13.5. The fourth-order valence-corrected chi connectivity index (χ4v) is 1.77. The van der Waals surface area contributed by atoms with E-state index in [-0.39, 0.29) is 12.0 Å². The predicted molar refractivity (Wildman–Crippen MR) is 64.1 cm³/mol. The molecule has 1 rings (SSSR count). The molecule has 0 aromatic carbocycles. The quantitative estimate of drug-likeness (QED) is 0.617. The van der Waals surface area contributed by atoms with E-state index in [1.54, 1.807) is 13.0 Å². The zero-order valence-corrected chi connectivity index (χ0v) is 10.8. The Balaban J connectivity index is 2.62. The summed E-state index contributed by atoms with van der Waals surface area (Å²) in [6, 6.07) is -0.389. The van der Waals surface area contributed by atoms with Gasteiger partial charge in [0.15, 0.2) is 0 Å². The summed E-state index contributed by atoms with van der Waals surface area (Å²) in [5.41, 5.74) is 0. The molecule has 0 radical (unpaired) electrons. The highest BCUT2D eigenvalue weighted by atomic mass is 16.7. The van der Waals surface area contributed by atoms with Gasteiger partial charge in [-0.25, -0.2) is 9.59 Å². The summed E-state index contributed by atoms with van der Waals surface area (Å²) >= 11 is 0. The molecule has 18 heavy (non-hydrogen) atoms. The number of ether oxygens (including phenoxy) is 3. The molecule has 0 heterocycles. The Hall–Kier alpha value is -1.72. The molecule has 1 aliphatic rings. The lowest BCUT2D eigenvalue weighted by Crippen LogP contribution is -2.46. The number of amides is 1. The van der Waals surface area contributed by atoms with Crippen LogP contribution in [0.15, 0.2) is 12.2 Å². The summed E-state index contributed by atoms with van der Waals surface area (Å²) in [5.74, 6) is 0.278. The third-order valence-corrected chi connectivity index (χ3v) is 2.63. The second kappa shape index (κ2) is 6.88. The van der Waals surface area contributed by atoms with Crippen molar-refractivity contribution < 1.29 is 23.8 Å². The van der Waals surface area contributed by atoms with Gasteiger partial charge in [-0.15, -0.1) is 0 Å². The van der Waals surface area contributed by atoms with E-state index in [2.05, 4.69) is 10.1 Å². The highest BCUT2D eigenvalue weighted by molar-refractivity contribution is 5.68. The van der Waals surface area contributed by atoms with Crippen LogP contribution in [-0.2, 0) is 14.2 Å². The Morgan fingerprint density at radius 2 is 2.11 bits per heavy atom. The lowest BCUT2D eigenvalue weighted by atomic mass is 9.91. The van der Waals surface area contributed by atoms with Crippen LogP contribution in [-0.4, -0.2) is 38.1 Å². The number of hydrogen-bond donors (Lipinski definition) is 1. The summed E-state index contributed by atoms with van der Waals surface area (Å²) < 4.78 is 14.4. The predicted octanol–water partition coefficient (Wildman–Crippen LogP) is 1.85. The van der Waals surface area contributed by atoms with Gasteiger partial charge < -0.3 is 19.5 Å². The Bertz CT molecular complexity index is 328. The van der Waals surface area contributed by atoms with Crippen molar-refractivity contribution in [2.75, 3.05) is 13.7 Å². The Morgan fingerprint density at radius 1 is 1.39 bits per heavy atom. The van der Waals surface area contributed by atoms with Crippen molar-refractivity contribution in [2.24, 2.45) is 5.92 Å². The van der Waals surface area contributed by atoms with Crippen LogP contribution in [0.1, 0.15) is 20.3 Å². The normalized spacial score (nSPS) is 26.3. The molecule has 3 atom stereocenters. The molecule has 1 amide bonds. The maximum Gasteiger partial charge on any atom is 0.508 e. The van der Waals surface area contributed by atoms with Crippen LogP contribution < -0.4 is 5.32 Å². The molecule has 6 nitrogen and oxygen atoms in total. The van der Waals surface area contributed by atoms with Crippen LogP contribution in [0.5, 0.6) is 0 Å². The third-order valence-electron chi connectivity index (χ3n) is 2.63. The second-order valence-electron chi connectivity index (χ2n) is 4.10. The maximum absolute atomic E-state index is 11.4. The molecule has 3 unspecified atom stereocenters. The van der Waals surface area contributed by atoms with Crippen LogP contribution >= 0.6 is 0 Å². The lowest BCUT2D eigenvalue weighted by molar-refractivity contribution is 0.0181. The standard InChI is InChI=1S/C12H19NO5/c1-4-17-11(14)13-9-6-5-8(2)7-10(9)18-12(15)16-3/h5-6,8-10H,4,7H2,1-3H3,(H,13,14). The monoisotopic (exact) mass is 257 g/mol. The molecule has 1 N–H and O–H groups in total. The van der Waals surface area contributed by atoms with E-state index < -0.39 is 18.4 Å². The van der Waals surface area contributed by atoms with Crippen molar-refractivity contribution in [3.05, 3.63) is 12.2 Å². The van der Waals surface area contributed by atoms with Gasteiger partial charge in [0, 0.05) is 0 Å². The van der Waals surface area contributed by atoms with Gasteiger partial charge in [-0.1, -0.05) is 19.1 Å². The lowest BCUT2D eigenvalue weighted by Gasteiger charge is -2.29. The minimum absolute atomic E-state index is 0.278. The molecule has 0 saturated heterocycles. The van der Waals surface area contributed by atoms with Crippen LogP contribution in [0, 0.1) is 5.92 Å². The Morgan fingerprint density at radius 3 is 2.72 bits per heavy atom.